The van der Waals surface area contributed by atoms with Gasteiger partial charge in [0, 0.05) is 51.0 Å². The lowest BCUT2D eigenvalue weighted by Crippen LogP contribution is -2.45. The Balaban J connectivity index is 2.14. The molecule has 0 bridgehead atoms. The van der Waals surface area contributed by atoms with Crippen LogP contribution < -0.4 is 4.90 Å². The summed E-state index contributed by atoms with van der Waals surface area (Å²) < 4.78 is 0. The molecular formula is C20H32N6. The summed E-state index contributed by atoms with van der Waals surface area (Å²) in [4.78, 5) is 20.6. The number of rotatable bonds is 7. The average molecular weight is 357 g/mol. The van der Waals surface area contributed by atoms with Crippen molar-refractivity contribution in [2.45, 2.75) is 33.4 Å². The molecule has 26 heavy (non-hydrogen) atoms. The van der Waals surface area contributed by atoms with Gasteiger partial charge in [-0.25, -0.2) is 9.97 Å². The highest BCUT2D eigenvalue weighted by molar-refractivity contribution is 6.03. The Morgan fingerprint density at radius 1 is 1.35 bits per heavy atom. The largest absolute Gasteiger partial charge is 0.354 e. The second-order valence-corrected chi connectivity index (χ2v) is 7.12. The molecule has 0 spiro atoms. The van der Waals surface area contributed by atoms with Gasteiger partial charge in [-0.2, -0.15) is 0 Å². The first kappa shape index (κ1) is 20.3. The van der Waals surface area contributed by atoms with E-state index in [2.05, 4.69) is 69.9 Å². The van der Waals surface area contributed by atoms with Crippen LogP contribution in [0.4, 0.5) is 5.82 Å². The maximum absolute atomic E-state index is 4.65. The highest BCUT2D eigenvalue weighted by atomic mass is 15.3. The van der Waals surface area contributed by atoms with Crippen LogP contribution in [0.15, 0.2) is 36.0 Å². The minimum absolute atomic E-state index is 0.132. The molecule has 0 N–H and O–H groups in total. The third-order valence-electron chi connectivity index (χ3n) is 4.84. The molecule has 1 aliphatic heterocycles. The maximum atomic E-state index is 4.65. The number of hydrogen-bond donors (Lipinski definition) is 0. The zero-order valence-corrected chi connectivity index (χ0v) is 16.9. The van der Waals surface area contributed by atoms with Crippen molar-refractivity contribution in [1.82, 2.24) is 19.8 Å². The lowest BCUT2D eigenvalue weighted by atomic mass is 10.1. The van der Waals surface area contributed by atoms with E-state index in [0.29, 0.717) is 0 Å². The molecule has 1 aromatic rings. The molecule has 6 nitrogen and oxygen atoms in total. The first-order chi connectivity index (χ1) is 12.3. The van der Waals surface area contributed by atoms with Crippen LogP contribution in [-0.2, 0) is 6.54 Å². The number of hydrogen-bond acceptors (Lipinski definition) is 6. The van der Waals surface area contributed by atoms with Crippen LogP contribution in [0.2, 0.25) is 0 Å². The monoisotopic (exact) mass is 356 g/mol. The number of anilines is 1. The fourth-order valence-electron chi connectivity index (χ4n) is 3.16. The molecule has 6 heteroatoms. The van der Waals surface area contributed by atoms with Crippen molar-refractivity contribution >= 4 is 11.5 Å². The molecule has 1 unspecified atom stereocenters. The van der Waals surface area contributed by atoms with Crippen molar-refractivity contribution in [2.75, 3.05) is 45.2 Å². The molecule has 1 aromatic heterocycles. The van der Waals surface area contributed by atoms with E-state index in [4.69, 9.17) is 0 Å². The summed E-state index contributed by atoms with van der Waals surface area (Å²) >= 11 is 0. The number of likely N-dealkylation sites (N-methyl/N-ethyl adjacent to an activating group) is 1. The van der Waals surface area contributed by atoms with Crippen LogP contribution in [0.5, 0.6) is 0 Å². The van der Waals surface area contributed by atoms with E-state index >= 15 is 0 Å². The van der Waals surface area contributed by atoms with E-state index in [0.717, 1.165) is 61.3 Å². The first-order valence-electron chi connectivity index (χ1n) is 9.14. The van der Waals surface area contributed by atoms with E-state index < -0.39 is 0 Å². The van der Waals surface area contributed by atoms with Crippen LogP contribution in [0.25, 0.3) is 0 Å². The Hall–Kier alpha value is -2.05. The van der Waals surface area contributed by atoms with E-state index in [1.165, 1.54) is 0 Å². The first-order valence-corrected chi connectivity index (χ1v) is 9.14. The second-order valence-electron chi connectivity index (χ2n) is 7.12. The molecule has 1 saturated heterocycles. The van der Waals surface area contributed by atoms with Gasteiger partial charge in [-0.05, 0) is 40.4 Å². The zero-order chi connectivity index (χ0) is 19.3. The van der Waals surface area contributed by atoms with Gasteiger partial charge >= 0.3 is 0 Å². The van der Waals surface area contributed by atoms with E-state index in [9.17, 15) is 0 Å². The quantitative estimate of drug-likeness (QED) is 0.703. The van der Waals surface area contributed by atoms with Crippen molar-refractivity contribution in [3.8, 4) is 0 Å². The Bertz CT molecular complexity index is 673. The Kier molecular flexibility index (Phi) is 7.06. The van der Waals surface area contributed by atoms with Gasteiger partial charge in [-0.3, -0.25) is 9.89 Å². The van der Waals surface area contributed by atoms with Gasteiger partial charge in [0.25, 0.3) is 0 Å². The average Bonchev–Trinajstić information content (AvgIpc) is 2.58. The van der Waals surface area contributed by atoms with Gasteiger partial charge in [0.15, 0.2) is 0 Å². The fourth-order valence-corrected chi connectivity index (χ4v) is 3.16. The van der Waals surface area contributed by atoms with Gasteiger partial charge in [0.05, 0.1) is 11.4 Å². The minimum atomic E-state index is 0.132. The van der Waals surface area contributed by atoms with Crippen molar-refractivity contribution in [3.63, 3.8) is 0 Å². The molecule has 0 aromatic carbocycles. The molecule has 0 radical (unpaired) electrons. The number of nitrogens with zero attached hydrogens (tertiary/aromatic N) is 6. The van der Waals surface area contributed by atoms with Gasteiger partial charge in [-0.15, -0.1) is 0 Å². The lowest BCUT2D eigenvalue weighted by Gasteiger charge is -2.33. The molecule has 1 aliphatic rings. The van der Waals surface area contributed by atoms with Crippen molar-refractivity contribution < 1.29 is 0 Å². The standard InChI is InChI=1S/C20H32N6/c1-8-21-20(15(2)3)16(4)25(7)14-18-13-19(23-17(5)22-18)26-11-9-24(6)10-12-26/h8,13,16H,1-2,9-12,14H2,3-7H3. The molecule has 0 saturated carbocycles. The van der Waals surface area contributed by atoms with Gasteiger partial charge < -0.3 is 9.80 Å². The van der Waals surface area contributed by atoms with Crippen LogP contribution >= 0.6 is 0 Å². The van der Waals surface area contributed by atoms with E-state index in [-0.39, 0.29) is 6.04 Å². The highest BCUT2D eigenvalue weighted by Crippen LogP contribution is 2.17. The maximum Gasteiger partial charge on any atom is 0.132 e. The van der Waals surface area contributed by atoms with Gasteiger partial charge in [0.2, 0.25) is 0 Å². The van der Waals surface area contributed by atoms with Gasteiger partial charge in [-0.1, -0.05) is 13.2 Å². The van der Waals surface area contributed by atoms with Crippen molar-refractivity contribution in [1.29, 1.82) is 0 Å². The SMILES string of the molecule is C=CN=C(C(=C)C)C(C)N(C)Cc1cc(N2CCN(C)CC2)nc(C)n1. The second kappa shape index (κ2) is 9.05. The Morgan fingerprint density at radius 2 is 2.00 bits per heavy atom. The Labute approximate surface area is 157 Å². The van der Waals surface area contributed by atoms with E-state index in [1.807, 2.05) is 13.8 Å². The van der Waals surface area contributed by atoms with Crippen molar-refractivity contribution in [3.05, 3.63) is 42.5 Å². The summed E-state index contributed by atoms with van der Waals surface area (Å²) in [5, 5.41) is 0. The molecule has 1 atom stereocenters. The third-order valence-corrected chi connectivity index (χ3v) is 4.84. The summed E-state index contributed by atoms with van der Waals surface area (Å²) in [6.45, 7) is 18.7. The molecular weight excluding hydrogens is 324 g/mol. The zero-order valence-electron chi connectivity index (χ0n) is 16.9. The highest BCUT2D eigenvalue weighted by Gasteiger charge is 2.19. The summed E-state index contributed by atoms with van der Waals surface area (Å²) in [6.07, 6.45) is 1.58. The predicted octanol–water partition coefficient (Wildman–Crippen LogP) is 2.52. The van der Waals surface area contributed by atoms with Crippen LogP contribution in [0, 0.1) is 6.92 Å². The minimum Gasteiger partial charge on any atom is -0.354 e. The van der Waals surface area contributed by atoms with Gasteiger partial charge in [0.1, 0.15) is 11.6 Å². The smallest absolute Gasteiger partial charge is 0.132 e. The summed E-state index contributed by atoms with van der Waals surface area (Å²) in [5.41, 5.74) is 2.94. The number of aryl methyl sites for hydroxylation is 1. The van der Waals surface area contributed by atoms with Crippen molar-refractivity contribution in [2.24, 2.45) is 4.99 Å². The van der Waals surface area contributed by atoms with Crippen LogP contribution in [0.1, 0.15) is 25.4 Å². The van der Waals surface area contributed by atoms with E-state index in [1.54, 1.807) is 6.20 Å². The molecule has 2 rings (SSSR count). The molecule has 1 fully saturated rings. The van der Waals surface area contributed by atoms with Crippen LogP contribution in [0.3, 0.4) is 0 Å². The molecule has 0 aliphatic carbocycles. The topological polar surface area (TPSA) is 47.9 Å². The lowest BCUT2D eigenvalue weighted by molar-refractivity contribution is 0.298. The fraction of sp³-hybridized carbons (Fsp3) is 0.550. The predicted molar refractivity (Wildman–Crippen MR) is 110 cm³/mol. The summed E-state index contributed by atoms with van der Waals surface area (Å²) in [6, 6.07) is 2.25. The number of piperazine rings is 1. The molecule has 142 valence electrons. The summed E-state index contributed by atoms with van der Waals surface area (Å²) in [7, 11) is 4.24. The number of aromatic nitrogens is 2. The summed E-state index contributed by atoms with van der Waals surface area (Å²) in [5.74, 6) is 1.85. The third kappa shape index (κ3) is 5.22. The van der Waals surface area contributed by atoms with Crippen LogP contribution in [-0.4, -0.2) is 71.8 Å². The number of aliphatic imine (C=N–C) groups is 1. The Morgan fingerprint density at radius 3 is 2.58 bits per heavy atom. The normalized spacial score (nSPS) is 17.5. The molecule has 0 amide bonds. The molecule has 2 heterocycles.